The van der Waals surface area contributed by atoms with Crippen molar-refractivity contribution in [2.45, 2.75) is 53.9 Å². The second kappa shape index (κ2) is 11.5. The molecule has 0 spiro atoms. The van der Waals surface area contributed by atoms with Gasteiger partial charge in [0.25, 0.3) is 0 Å². The molecule has 0 aromatic heterocycles. The van der Waals surface area contributed by atoms with Crippen LogP contribution in [-0.2, 0) is 0 Å². The van der Waals surface area contributed by atoms with Crippen LogP contribution >= 0.6 is 0 Å². The first-order valence-corrected chi connectivity index (χ1v) is 8.45. The molecule has 122 valence electrons. The topological polar surface area (TPSA) is 6.48 Å². The molecule has 0 N–H and O–H groups in total. The van der Waals surface area contributed by atoms with E-state index in [0.717, 1.165) is 19.0 Å². The lowest BCUT2D eigenvalue weighted by Crippen LogP contribution is -2.24. The number of para-hydroxylation sites is 2. The van der Waals surface area contributed by atoms with E-state index < -0.39 is 0 Å². The van der Waals surface area contributed by atoms with Crippen molar-refractivity contribution in [3.8, 4) is 0 Å². The monoisotopic (exact) mass is 292 g/mol. The summed E-state index contributed by atoms with van der Waals surface area (Å²) in [7, 11) is 4.37. The molecule has 0 saturated carbocycles. The first-order chi connectivity index (χ1) is 9.93. The summed E-state index contributed by atoms with van der Waals surface area (Å²) in [6, 6.07) is 8.68. The van der Waals surface area contributed by atoms with Crippen molar-refractivity contribution in [3.05, 3.63) is 24.3 Å². The summed E-state index contributed by atoms with van der Waals surface area (Å²) in [5.41, 5.74) is 2.69. The Morgan fingerprint density at radius 2 is 1.24 bits per heavy atom. The largest absolute Gasteiger partial charge is 0.373 e. The third kappa shape index (κ3) is 8.64. The fourth-order valence-electron chi connectivity index (χ4n) is 2.08. The third-order valence-electron chi connectivity index (χ3n) is 3.11. The Morgan fingerprint density at radius 3 is 1.62 bits per heavy atom. The molecule has 2 nitrogen and oxygen atoms in total. The summed E-state index contributed by atoms with van der Waals surface area (Å²) in [5.74, 6) is 0.833. The van der Waals surface area contributed by atoms with Gasteiger partial charge >= 0.3 is 0 Å². The molecule has 0 aliphatic heterocycles. The lowest BCUT2D eigenvalue weighted by Gasteiger charge is -2.27. The molecule has 0 aliphatic rings. The van der Waals surface area contributed by atoms with Crippen molar-refractivity contribution in [3.63, 3.8) is 0 Å². The van der Waals surface area contributed by atoms with Gasteiger partial charge in [0.1, 0.15) is 0 Å². The standard InChI is InChI=1S/C15H26N2.C4H10/c1-5-7-13-17(4)15-11-9-8-10-14(15)16(3)12-6-2;1-4(2)3/h8-11H,5-7,12-13H2,1-4H3;4H,1-3H3. The van der Waals surface area contributed by atoms with Crippen LogP contribution in [0.5, 0.6) is 0 Å². The van der Waals surface area contributed by atoms with Crippen molar-refractivity contribution in [1.82, 2.24) is 0 Å². The second-order valence-electron chi connectivity index (χ2n) is 6.42. The van der Waals surface area contributed by atoms with Crippen molar-refractivity contribution in [2.24, 2.45) is 5.92 Å². The fraction of sp³-hybridized carbons (Fsp3) is 0.684. The van der Waals surface area contributed by atoms with E-state index in [1.165, 1.54) is 30.6 Å². The lowest BCUT2D eigenvalue weighted by atomic mass is 10.2. The molecule has 0 unspecified atom stereocenters. The Bertz CT molecular complexity index is 358. The van der Waals surface area contributed by atoms with Crippen molar-refractivity contribution in [1.29, 1.82) is 0 Å². The van der Waals surface area contributed by atoms with Crippen LogP contribution in [0.25, 0.3) is 0 Å². The number of benzene rings is 1. The molecule has 2 heteroatoms. The average Bonchev–Trinajstić information content (AvgIpc) is 2.44. The maximum absolute atomic E-state index is 2.37. The molecule has 0 heterocycles. The Kier molecular flexibility index (Phi) is 10.8. The summed E-state index contributed by atoms with van der Waals surface area (Å²) in [6.07, 6.45) is 3.68. The molecular weight excluding hydrogens is 256 g/mol. The van der Waals surface area contributed by atoms with Gasteiger partial charge in [-0.3, -0.25) is 0 Å². The van der Waals surface area contributed by atoms with Gasteiger partial charge < -0.3 is 9.80 Å². The highest BCUT2D eigenvalue weighted by Crippen LogP contribution is 2.27. The van der Waals surface area contributed by atoms with Gasteiger partial charge in [0.15, 0.2) is 0 Å². The molecular formula is C19H36N2. The highest BCUT2D eigenvalue weighted by Gasteiger charge is 2.09. The van der Waals surface area contributed by atoms with E-state index in [2.05, 4.69) is 82.8 Å². The van der Waals surface area contributed by atoms with Crippen molar-refractivity contribution in [2.75, 3.05) is 37.0 Å². The van der Waals surface area contributed by atoms with Crippen LogP contribution < -0.4 is 9.80 Å². The van der Waals surface area contributed by atoms with Gasteiger partial charge in [-0.25, -0.2) is 0 Å². The minimum atomic E-state index is 0.833. The van der Waals surface area contributed by atoms with Gasteiger partial charge in [0.2, 0.25) is 0 Å². The van der Waals surface area contributed by atoms with Crippen molar-refractivity contribution >= 4 is 11.4 Å². The highest BCUT2D eigenvalue weighted by atomic mass is 15.2. The Morgan fingerprint density at radius 1 is 0.810 bits per heavy atom. The van der Waals surface area contributed by atoms with E-state index >= 15 is 0 Å². The summed E-state index contributed by atoms with van der Waals surface area (Å²) in [5, 5.41) is 0. The van der Waals surface area contributed by atoms with Crippen LogP contribution in [-0.4, -0.2) is 27.2 Å². The average molecular weight is 293 g/mol. The summed E-state index contributed by atoms with van der Waals surface area (Å²) >= 11 is 0. The third-order valence-corrected chi connectivity index (χ3v) is 3.11. The molecule has 0 saturated heterocycles. The molecule has 0 fully saturated rings. The zero-order chi connectivity index (χ0) is 16.3. The molecule has 1 aromatic carbocycles. The molecule has 0 atom stereocenters. The van der Waals surface area contributed by atoms with E-state index in [4.69, 9.17) is 0 Å². The summed E-state index contributed by atoms with van der Waals surface area (Å²) < 4.78 is 0. The molecule has 0 bridgehead atoms. The van der Waals surface area contributed by atoms with Crippen LogP contribution in [0.1, 0.15) is 53.9 Å². The first kappa shape index (κ1) is 19.8. The number of unbranched alkanes of at least 4 members (excludes halogenated alkanes) is 1. The predicted molar refractivity (Wildman–Crippen MR) is 98.7 cm³/mol. The number of hydrogen-bond acceptors (Lipinski definition) is 2. The molecule has 0 aliphatic carbocycles. The van der Waals surface area contributed by atoms with Crippen molar-refractivity contribution < 1.29 is 0 Å². The Hall–Kier alpha value is -1.18. The Balaban J connectivity index is 0.000000885. The van der Waals surface area contributed by atoms with E-state index in [9.17, 15) is 0 Å². The normalized spacial score (nSPS) is 10.1. The van der Waals surface area contributed by atoms with E-state index in [0.29, 0.717) is 0 Å². The van der Waals surface area contributed by atoms with Crippen LogP contribution in [0.3, 0.4) is 0 Å². The zero-order valence-corrected chi connectivity index (χ0v) is 15.3. The quantitative estimate of drug-likeness (QED) is 0.661. The maximum Gasteiger partial charge on any atom is 0.0601 e. The summed E-state index contributed by atoms with van der Waals surface area (Å²) in [4.78, 5) is 4.71. The van der Waals surface area contributed by atoms with Gasteiger partial charge in [-0.15, -0.1) is 0 Å². The predicted octanol–water partition coefficient (Wildman–Crippen LogP) is 5.43. The molecule has 0 radical (unpaired) electrons. The van der Waals surface area contributed by atoms with Crippen LogP contribution in [0, 0.1) is 5.92 Å². The van der Waals surface area contributed by atoms with Gasteiger partial charge in [-0.1, -0.05) is 53.2 Å². The summed E-state index contributed by atoms with van der Waals surface area (Å²) in [6.45, 7) is 13.2. The SMILES string of the molecule is CC(C)C.CCCCN(C)c1ccccc1N(C)CCC. The number of nitrogens with zero attached hydrogens (tertiary/aromatic N) is 2. The van der Waals surface area contributed by atoms with Crippen LogP contribution in [0.4, 0.5) is 11.4 Å². The van der Waals surface area contributed by atoms with E-state index in [-0.39, 0.29) is 0 Å². The minimum Gasteiger partial charge on any atom is -0.373 e. The molecule has 1 rings (SSSR count). The van der Waals surface area contributed by atoms with Crippen LogP contribution in [0.2, 0.25) is 0 Å². The smallest absolute Gasteiger partial charge is 0.0601 e. The van der Waals surface area contributed by atoms with Crippen LogP contribution in [0.15, 0.2) is 24.3 Å². The lowest BCUT2D eigenvalue weighted by molar-refractivity contribution is 0.737. The van der Waals surface area contributed by atoms with E-state index in [1.807, 2.05) is 0 Å². The van der Waals surface area contributed by atoms with Gasteiger partial charge in [0, 0.05) is 27.2 Å². The van der Waals surface area contributed by atoms with Gasteiger partial charge in [-0.2, -0.15) is 0 Å². The van der Waals surface area contributed by atoms with Gasteiger partial charge in [-0.05, 0) is 30.9 Å². The molecule has 1 aromatic rings. The zero-order valence-electron chi connectivity index (χ0n) is 15.3. The first-order valence-electron chi connectivity index (χ1n) is 8.45. The highest BCUT2D eigenvalue weighted by molar-refractivity contribution is 5.70. The number of anilines is 2. The molecule has 0 amide bonds. The Labute approximate surface area is 133 Å². The number of rotatable bonds is 7. The fourth-order valence-corrected chi connectivity index (χ4v) is 2.08. The van der Waals surface area contributed by atoms with Gasteiger partial charge in [0.05, 0.1) is 11.4 Å². The molecule has 21 heavy (non-hydrogen) atoms. The van der Waals surface area contributed by atoms with E-state index in [1.54, 1.807) is 0 Å². The minimum absolute atomic E-state index is 0.833. The number of hydrogen-bond donors (Lipinski definition) is 0. The second-order valence-corrected chi connectivity index (χ2v) is 6.42. The maximum atomic E-state index is 2.37.